The third-order valence-electron chi connectivity index (χ3n) is 4.36. The smallest absolute Gasteiger partial charge is 0.123 e. The van der Waals surface area contributed by atoms with Crippen molar-refractivity contribution < 1.29 is 4.39 Å². The van der Waals surface area contributed by atoms with Crippen molar-refractivity contribution in [2.75, 3.05) is 20.1 Å². The Morgan fingerprint density at radius 2 is 2.20 bits per heavy atom. The van der Waals surface area contributed by atoms with Crippen LogP contribution < -0.4 is 5.32 Å². The highest BCUT2D eigenvalue weighted by molar-refractivity contribution is 5.20. The van der Waals surface area contributed by atoms with Crippen LogP contribution in [0.25, 0.3) is 0 Å². The van der Waals surface area contributed by atoms with E-state index in [-0.39, 0.29) is 11.9 Å². The van der Waals surface area contributed by atoms with Gasteiger partial charge in [0, 0.05) is 12.1 Å². The fourth-order valence-corrected chi connectivity index (χ4v) is 2.77. The standard InChI is InChI=1S/C17H27FN2/c1-3-11-19-17(14-6-4-7-15(18)13-14)10-12-20(2)16-8-5-9-16/h4,6-7,13,16-17,19H,3,5,8-12H2,1-2H3. The average molecular weight is 278 g/mol. The minimum Gasteiger partial charge on any atom is -0.310 e. The summed E-state index contributed by atoms with van der Waals surface area (Å²) in [7, 11) is 2.21. The van der Waals surface area contributed by atoms with Gasteiger partial charge in [0.05, 0.1) is 0 Å². The third-order valence-corrected chi connectivity index (χ3v) is 4.36. The first-order valence-corrected chi connectivity index (χ1v) is 7.89. The molecule has 0 aliphatic heterocycles. The van der Waals surface area contributed by atoms with Gasteiger partial charge in [-0.05, 0) is 63.5 Å². The van der Waals surface area contributed by atoms with E-state index < -0.39 is 0 Å². The summed E-state index contributed by atoms with van der Waals surface area (Å²) < 4.78 is 13.4. The molecule has 1 aromatic carbocycles. The van der Waals surface area contributed by atoms with Crippen molar-refractivity contribution in [3.05, 3.63) is 35.6 Å². The van der Waals surface area contributed by atoms with Gasteiger partial charge < -0.3 is 10.2 Å². The van der Waals surface area contributed by atoms with Crippen molar-refractivity contribution in [2.45, 2.75) is 51.1 Å². The molecule has 1 saturated carbocycles. The van der Waals surface area contributed by atoms with E-state index in [2.05, 4.69) is 24.2 Å². The van der Waals surface area contributed by atoms with Crippen molar-refractivity contribution in [3.8, 4) is 0 Å². The van der Waals surface area contributed by atoms with Crippen molar-refractivity contribution in [1.29, 1.82) is 0 Å². The number of nitrogens with zero attached hydrogens (tertiary/aromatic N) is 1. The van der Waals surface area contributed by atoms with Crippen LogP contribution in [0.3, 0.4) is 0 Å². The zero-order valence-electron chi connectivity index (χ0n) is 12.7. The fourth-order valence-electron chi connectivity index (χ4n) is 2.77. The van der Waals surface area contributed by atoms with Crippen molar-refractivity contribution in [1.82, 2.24) is 10.2 Å². The van der Waals surface area contributed by atoms with E-state index in [1.807, 2.05) is 6.07 Å². The molecular formula is C17H27FN2. The Kier molecular flexibility index (Phi) is 5.99. The molecule has 1 atom stereocenters. The minimum atomic E-state index is -0.141. The highest BCUT2D eigenvalue weighted by Crippen LogP contribution is 2.25. The van der Waals surface area contributed by atoms with Crippen molar-refractivity contribution in [2.24, 2.45) is 0 Å². The van der Waals surface area contributed by atoms with Gasteiger partial charge in [0.1, 0.15) is 5.82 Å². The van der Waals surface area contributed by atoms with Crippen LogP contribution in [0.4, 0.5) is 4.39 Å². The van der Waals surface area contributed by atoms with Gasteiger partial charge in [-0.25, -0.2) is 4.39 Å². The van der Waals surface area contributed by atoms with Crippen LogP contribution in [0.15, 0.2) is 24.3 Å². The number of nitrogens with one attached hydrogen (secondary N) is 1. The van der Waals surface area contributed by atoms with Gasteiger partial charge in [-0.15, -0.1) is 0 Å². The molecule has 0 amide bonds. The topological polar surface area (TPSA) is 15.3 Å². The molecule has 2 rings (SSSR count). The second kappa shape index (κ2) is 7.75. The second-order valence-electron chi connectivity index (χ2n) is 5.92. The molecule has 1 N–H and O–H groups in total. The van der Waals surface area contributed by atoms with Crippen LogP contribution in [-0.2, 0) is 0 Å². The van der Waals surface area contributed by atoms with Crippen molar-refractivity contribution >= 4 is 0 Å². The van der Waals surface area contributed by atoms with Gasteiger partial charge in [-0.2, -0.15) is 0 Å². The van der Waals surface area contributed by atoms with Crippen LogP contribution in [0.1, 0.15) is 50.6 Å². The lowest BCUT2D eigenvalue weighted by Gasteiger charge is -2.35. The molecule has 3 heteroatoms. The van der Waals surface area contributed by atoms with Crippen LogP contribution in [0.5, 0.6) is 0 Å². The van der Waals surface area contributed by atoms with Gasteiger partial charge >= 0.3 is 0 Å². The molecule has 1 aliphatic carbocycles. The van der Waals surface area contributed by atoms with Gasteiger partial charge in [-0.3, -0.25) is 0 Å². The first-order valence-electron chi connectivity index (χ1n) is 7.89. The lowest BCUT2D eigenvalue weighted by Crippen LogP contribution is -2.39. The first-order chi connectivity index (χ1) is 9.70. The van der Waals surface area contributed by atoms with E-state index in [4.69, 9.17) is 0 Å². The molecule has 0 heterocycles. The summed E-state index contributed by atoms with van der Waals surface area (Å²) in [6.45, 7) is 4.22. The summed E-state index contributed by atoms with van der Waals surface area (Å²) in [5, 5.41) is 3.55. The molecule has 0 aromatic heterocycles. The number of hydrogen-bond donors (Lipinski definition) is 1. The lowest BCUT2D eigenvalue weighted by atomic mass is 9.91. The molecule has 0 saturated heterocycles. The molecule has 2 nitrogen and oxygen atoms in total. The normalized spacial score (nSPS) is 17.2. The fraction of sp³-hybridized carbons (Fsp3) is 0.647. The predicted octanol–water partition coefficient (Wildman–Crippen LogP) is 3.74. The molecular weight excluding hydrogens is 251 g/mol. The Morgan fingerprint density at radius 1 is 1.40 bits per heavy atom. The van der Waals surface area contributed by atoms with Crippen molar-refractivity contribution in [3.63, 3.8) is 0 Å². The van der Waals surface area contributed by atoms with Crippen LogP contribution in [-0.4, -0.2) is 31.1 Å². The largest absolute Gasteiger partial charge is 0.310 e. The van der Waals surface area contributed by atoms with Gasteiger partial charge in [0.15, 0.2) is 0 Å². The molecule has 0 bridgehead atoms. The summed E-state index contributed by atoms with van der Waals surface area (Å²) in [5.41, 5.74) is 1.07. The number of halogens is 1. The summed E-state index contributed by atoms with van der Waals surface area (Å²) >= 11 is 0. The van der Waals surface area contributed by atoms with E-state index in [1.165, 1.54) is 25.3 Å². The van der Waals surface area contributed by atoms with E-state index in [9.17, 15) is 4.39 Å². The predicted molar refractivity (Wildman–Crippen MR) is 82.3 cm³/mol. The Bertz CT molecular complexity index is 404. The zero-order chi connectivity index (χ0) is 14.4. The highest BCUT2D eigenvalue weighted by atomic mass is 19.1. The Balaban J connectivity index is 1.92. The summed E-state index contributed by atoms with van der Waals surface area (Å²) in [5.74, 6) is -0.141. The maximum atomic E-state index is 13.4. The third kappa shape index (κ3) is 4.29. The maximum absolute atomic E-state index is 13.4. The van der Waals surface area contributed by atoms with E-state index in [1.54, 1.807) is 12.1 Å². The SMILES string of the molecule is CCCNC(CCN(C)C1CCC1)c1cccc(F)c1. The number of hydrogen-bond acceptors (Lipinski definition) is 2. The molecule has 112 valence electrons. The monoisotopic (exact) mass is 278 g/mol. The van der Waals surface area contributed by atoms with E-state index in [0.29, 0.717) is 0 Å². The minimum absolute atomic E-state index is 0.141. The Morgan fingerprint density at radius 3 is 2.80 bits per heavy atom. The number of rotatable bonds is 8. The quantitative estimate of drug-likeness (QED) is 0.779. The summed E-state index contributed by atoms with van der Waals surface area (Å²) in [4.78, 5) is 2.46. The maximum Gasteiger partial charge on any atom is 0.123 e. The first kappa shape index (κ1) is 15.5. The highest BCUT2D eigenvalue weighted by Gasteiger charge is 2.22. The summed E-state index contributed by atoms with van der Waals surface area (Å²) in [6, 6.07) is 8.04. The second-order valence-corrected chi connectivity index (χ2v) is 5.92. The van der Waals surface area contributed by atoms with Crippen LogP contribution in [0.2, 0.25) is 0 Å². The Hall–Kier alpha value is -0.930. The van der Waals surface area contributed by atoms with Crippen LogP contribution >= 0.6 is 0 Å². The van der Waals surface area contributed by atoms with E-state index in [0.717, 1.165) is 37.5 Å². The molecule has 1 aromatic rings. The molecule has 1 unspecified atom stereocenters. The average Bonchev–Trinajstić information content (AvgIpc) is 2.36. The van der Waals surface area contributed by atoms with Gasteiger partial charge in [-0.1, -0.05) is 25.5 Å². The molecule has 1 fully saturated rings. The molecule has 1 aliphatic rings. The molecule has 0 radical (unpaired) electrons. The lowest BCUT2D eigenvalue weighted by molar-refractivity contribution is 0.153. The van der Waals surface area contributed by atoms with E-state index >= 15 is 0 Å². The number of benzene rings is 1. The van der Waals surface area contributed by atoms with Gasteiger partial charge in [0.25, 0.3) is 0 Å². The van der Waals surface area contributed by atoms with Gasteiger partial charge in [0.2, 0.25) is 0 Å². The summed E-state index contributed by atoms with van der Waals surface area (Å²) in [6.07, 6.45) is 6.18. The Labute approximate surface area is 122 Å². The molecule has 0 spiro atoms. The van der Waals surface area contributed by atoms with Crippen LogP contribution in [0, 0.1) is 5.82 Å². The zero-order valence-corrected chi connectivity index (χ0v) is 12.7. The molecule has 20 heavy (non-hydrogen) atoms.